The Morgan fingerprint density at radius 2 is 2.16 bits per heavy atom. The molecule has 4 nitrogen and oxygen atoms in total. The van der Waals surface area contributed by atoms with Gasteiger partial charge in [0.1, 0.15) is 4.75 Å². The average Bonchev–Trinajstić information content (AvgIpc) is 2.28. The zero-order valence-electron chi connectivity index (χ0n) is 12.0. The fourth-order valence-electron chi connectivity index (χ4n) is 1.55. The molecular weight excluding hydrogens is 328 g/mol. The monoisotopic (exact) mass is 348 g/mol. The zero-order valence-corrected chi connectivity index (χ0v) is 14.4. The lowest BCUT2D eigenvalue weighted by Gasteiger charge is -2.26. The van der Waals surface area contributed by atoms with Gasteiger partial charge in [0.2, 0.25) is 0 Å². The molecular formula is C13H21BrN2O2S. The summed E-state index contributed by atoms with van der Waals surface area (Å²) in [7, 11) is 1.65. The molecule has 0 fully saturated rings. The Morgan fingerprint density at radius 3 is 2.68 bits per heavy atom. The van der Waals surface area contributed by atoms with Gasteiger partial charge in [-0.1, -0.05) is 0 Å². The Morgan fingerprint density at radius 1 is 1.53 bits per heavy atom. The van der Waals surface area contributed by atoms with Crippen molar-refractivity contribution in [1.82, 2.24) is 9.71 Å². The minimum atomic E-state index is -1.13. The van der Waals surface area contributed by atoms with Gasteiger partial charge in [0.25, 0.3) is 0 Å². The average molecular weight is 349 g/mol. The summed E-state index contributed by atoms with van der Waals surface area (Å²) < 4.78 is 21.0. The van der Waals surface area contributed by atoms with Crippen LogP contribution in [0.15, 0.2) is 16.7 Å². The Labute approximate surface area is 126 Å². The Balaban J connectivity index is 2.90. The predicted octanol–water partition coefficient (Wildman–Crippen LogP) is 3.10. The maximum absolute atomic E-state index is 12.1. The lowest BCUT2D eigenvalue weighted by Crippen LogP contribution is -2.41. The van der Waals surface area contributed by atoms with E-state index in [1.807, 2.05) is 33.8 Å². The van der Waals surface area contributed by atoms with E-state index in [-0.39, 0.29) is 10.8 Å². The van der Waals surface area contributed by atoms with Crippen molar-refractivity contribution in [3.8, 4) is 0 Å². The predicted molar refractivity (Wildman–Crippen MR) is 82.1 cm³/mol. The van der Waals surface area contributed by atoms with Crippen LogP contribution in [-0.2, 0) is 22.7 Å². The number of halogens is 1. The molecule has 1 aromatic heterocycles. The molecule has 0 aliphatic heterocycles. The van der Waals surface area contributed by atoms with Crippen LogP contribution in [-0.4, -0.2) is 21.4 Å². The van der Waals surface area contributed by atoms with Crippen LogP contribution in [0.25, 0.3) is 0 Å². The quantitative estimate of drug-likeness (QED) is 0.830. The summed E-state index contributed by atoms with van der Waals surface area (Å²) in [5.74, 6) is 0. The van der Waals surface area contributed by atoms with Gasteiger partial charge in [0.15, 0.2) is 0 Å². The number of aromatic nitrogens is 1. The normalized spacial score (nSPS) is 15.3. The lowest BCUT2D eigenvalue weighted by molar-refractivity contribution is 0.183. The van der Waals surface area contributed by atoms with Gasteiger partial charge < -0.3 is 9.29 Å². The molecule has 0 saturated heterocycles. The SMILES string of the molecule is COCc1cc(Br)cnc1[C@H](C)N[S@+]([O-])C(C)(C)C. The summed E-state index contributed by atoms with van der Waals surface area (Å²) in [6.07, 6.45) is 1.74. The van der Waals surface area contributed by atoms with Gasteiger partial charge >= 0.3 is 0 Å². The molecule has 0 aromatic carbocycles. The van der Waals surface area contributed by atoms with Crippen LogP contribution in [0.3, 0.4) is 0 Å². The number of hydrogen-bond donors (Lipinski definition) is 1. The summed E-state index contributed by atoms with van der Waals surface area (Å²) in [6, 6.07) is 1.88. The van der Waals surface area contributed by atoms with Crippen molar-refractivity contribution in [3.63, 3.8) is 0 Å². The first-order valence-corrected chi connectivity index (χ1v) is 8.01. The molecule has 2 atom stereocenters. The minimum Gasteiger partial charge on any atom is -0.598 e. The van der Waals surface area contributed by atoms with E-state index in [1.54, 1.807) is 13.3 Å². The van der Waals surface area contributed by atoms with Crippen molar-refractivity contribution in [2.75, 3.05) is 7.11 Å². The van der Waals surface area contributed by atoms with Crippen molar-refractivity contribution < 1.29 is 9.29 Å². The number of nitrogens with zero attached hydrogens (tertiary/aromatic N) is 1. The van der Waals surface area contributed by atoms with E-state index in [0.717, 1.165) is 15.7 Å². The maximum atomic E-state index is 12.1. The highest BCUT2D eigenvalue weighted by molar-refractivity contribution is 9.10. The van der Waals surface area contributed by atoms with Crippen LogP contribution in [0, 0.1) is 0 Å². The second-order valence-corrected chi connectivity index (χ2v) is 8.27. The summed E-state index contributed by atoms with van der Waals surface area (Å²) in [5, 5.41) is 0. The molecule has 0 spiro atoms. The van der Waals surface area contributed by atoms with Crippen molar-refractivity contribution in [1.29, 1.82) is 0 Å². The molecule has 0 aliphatic carbocycles. The van der Waals surface area contributed by atoms with Crippen LogP contribution in [0.1, 0.15) is 45.0 Å². The smallest absolute Gasteiger partial charge is 0.136 e. The first-order chi connectivity index (χ1) is 8.75. The van der Waals surface area contributed by atoms with Crippen molar-refractivity contribution in [3.05, 3.63) is 28.0 Å². The molecule has 1 rings (SSSR count). The van der Waals surface area contributed by atoms with Crippen LogP contribution in [0.5, 0.6) is 0 Å². The van der Waals surface area contributed by atoms with E-state index < -0.39 is 11.4 Å². The van der Waals surface area contributed by atoms with Gasteiger partial charge in [-0.25, -0.2) is 0 Å². The van der Waals surface area contributed by atoms with E-state index in [0.29, 0.717) is 6.61 Å². The minimum absolute atomic E-state index is 0.0988. The Kier molecular flexibility index (Phi) is 6.26. The van der Waals surface area contributed by atoms with E-state index in [1.165, 1.54) is 0 Å². The fourth-order valence-corrected chi connectivity index (χ4v) is 2.71. The molecule has 0 saturated carbocycles. The third-order valence-electron chi connectivity index (χ3n) is 2.52. The zero-order chi connectivity index (χ0) is 14.6. The maximum Gasteiger partial charge on any atom is 0.136 e. The highest BCUT2D eigenvalue weighted by Gasteiger charge is 2.29. The molecule has 6 heteroatoms. The number of ether oxygens (including phenoxy) is 1. The summed E-state index contributed by atoms with van der Waals surface area (Å²) in [5.41, 5.74) is 1.85. The van der Waals surface area contributed by atoms with E-state index in [4.69, 9.17) is 4.74 Å². The topological polar surface area (TPSA) is 57.2 Å². The molecule has 0 aliphatic rings. The fraction of sp³-hybridized carbons (Fsp3) is 0.615. The molecule has 19 heavy (non-hydrogen) atoms. The van der Waals surface area contributed by atoms with E-state index >= 15 is 0 Å². The molecule has 0 radical (unpaired) electrons. The van der Waals surface area contributed by atoms with E-state index in [2.05, 4.69) is 25.6 Å². The molecule has 108 valence electrons. The van der Waals surface area contributed by atoms with Gasteiger partial charge in [0, 0.05) is 34.7 Å². The molecule has 0 amide bonds. The second kappa shape index (κ2) is 7.04. The van der Waals surface area contributed by atoms with Crippen LogP contribution < -0.4 is 4.72 Å². The summed E-state index contributed by atoms with van der Waals surface area (Å²) in [4.78, 5) is 4.41. The third kappa shape index (κ3) is 5.04. The van der Waals surface area contributed by atoms with Gasteiger partial charge in [-0.15, -0.1) is 4.72 Å². The number of hydrogen-bond acceptors (Lipinski definition) is 4. The van der Waals surface area contributed by atoms with E-state index in [9.17, 15) is 4.55 Å². The molecule has 0 unspecified atom stereocenters. The number of pyridine rings is 1. The number of nitrogens with one attached hydrogen (secondary N) is 1. The van der Waals surface area contributed by atoms with Crippen molar-refractivity contribution in [2.24, 2.45) is 0 Å². The Hall–Kier alpha value is -0.140. The van der Waals surface area contributed by atoms with Gasteiger partial charge in [-0.2, -0.15) is 0 Å². The van der Waals surface area contributed by atoms with Gasteiger partial charge in [-0.05, 0) is 49.7 Å². The number of methoxy groups -OCH3 is 1. The molecule has 1 N–H and O–H groups in total. The summed E-state index contributed by atoms with van der Waals surface area (Å²) >= 11 is 2.27. The summed E-state index contributed by atoms with van der Waals surface area (Å²) in [6.45, 7) is 8.25. The molecule has 1 aromatic rings. The van der Waals surface area contributed by atoms with Crippen LogP contribution in [0.4, 0.5) is 0 Å². The van der Waals surface area contributed by atoms with Gasteiger partial charge in [0.05, 0.1) is 18.3 Å². The van der Waals surface area contributed by atoms with Gasteiger partial charge in [-0.3, -0.25) is 4.98 Å². The van der Waals surface area contributed by atoms with Crippen molar-refractivity contribution in [2.45, 2.75) is 45.1 Å². The highest BCUT2D eigenvalue weighted by Crippen LogP contribution is 2.23. The number of rotatable bonds is 5. The van der Waals surface area contributed by atoms with Crippen molar-refractivity contribution >= 4 is 27.3 Å². The third-order valence-corrected chi connectivity index (χ3v) is 4.63. The van der Waals surface area contributed by atoms with Crippen LogP contribution in [0.2, 0.25) is 0 Å². The Bertz CT molecular complexity index is 424. The highest BCUT2D eigenvalue weighted by atomic mass is 79.9. The lowest BCUT2D eigenvalue weighted by atomic mass is 10.1. The molecule has 0 bridgehead atoms. The first-order valence-electron chi connectivity index (χ1n) is 6.07. The second-order valence-electron chi connectivity index (χ2n) is 5.35. The van der Waals surface area contributed by atoms with Crippen LogP contribution >= 0.6 is 15.9 Å². The first kappa shape index (κ1) is 16.9. The standard InChI is InChI=1S/C13H21BrN2O2S/c1-9(16-19(17)13(2,3)4)12-10(8-18-5)6-11(14)7-15-12/h6-7,9,16H,8H2,1-5H3/t9-,19+/m0/s1. The molecule has 1 heterocycles. The largest absolute Gasteiger partial charge is 0.598 e.